The molecule has 1 aromatic heterocycles. The van der Waals surface area contributed by atoms with Crippen LogP contribution in [0.4, 0.5) is 0 Å². The summed E-state index contributed by atoms with van der Waals surface area (Å²) in [5.74, 6) is 0.610. The Morgan fingerprint density at radius 3 is 2.16 bits per heavy atom. The number of hydrogen-bond donors (Lipinski definition) is 0. The lowest BCUT2D eigenvalue weighted by Gasteiger charge is -2.44. The molecule has 1 aliphatic carbocycles. The van der Waals surface area contributed by atoms with Crippen LogP contribution in [-0.2, 0) is 10.8 Å². The van der Waals surface area contributed by atoms with E-state index < -0.39 is 36.8 Å². The minimum Gasteiger partial charge on any atom is -0.292 e. The molecule has 3 aromatic carbocycles. The molecule has 1 atom stereocenters. The molecule has 2 nitrogen and oxygen atoms in total. The van der Waals surface area contributed by atoms with Crippen molar-refractivity contribution >= 4 is 11.0 Å². The molecule has 5 rings (SSSR count). The second kappa shape index (κ2) is 6.32. The second-order valence-corrected chi connectivity index (χ2v) is 9.31. The minimum atomic E-state index is -3.17. The maximum atomic E-state index is 8.63. The maximum absolute atomic E-state index is 8.63. The number of hydrogen-bond acceptors (Lipinski definition) is 1. The van der Waals surface area contributed by atoms with Crippen molar-refractivity contribution in [2.45, 2.75) is 59.1 Å². The number of aryl methyl sites for hydroxylation is 1. The molecule has 1 unspecified atom stereocenters. The van der Waals surface area contributed by atoms with Crippen molar-refractivity contribution in [3.05, 3.63) is 83.4 Å². The van der Waals surface area contributed by atoms with Gasteiger partial charge in [0.05, 0.1) is 16.7 Å². The highest BCUT2D eigenvalue weighted by Crippen LogP contribution is 2.62. The molecule has 0 bridgehead atoms. The highest BCUT2D eigenvalue weighted by Gasteiger charge is 2.57. The van der Waals surface area contributed by atoms with Gasteiger partial charge >= 0.3 is 0 Å². The first kappa shape index (κ1) is 12.2. The zero-order valence-electron chi connectivity index (χ0n) is 27.2. The summed E-state index contributed by atoms with van der Waals surface area (Å²) in [7, 11) is 0. The first-order chi connectivity index (χ1) is 18.3. The third-order valence-electron chi connectivity index (χ3n) is 7.26. The van der Waals surface area contributed by atoms with E-state index in [4.69, 9.17) is 17.3 Å². The summed E-state index contributed by atoms with van der Waals surface area (Å²) in [6.45, 7) is -2.67. The van der Waals surface area contributed by atoms with Gasteiger partial charge in [-0.2, -0.15) is 0 Å². The molecular weight excluding hydrogens is 376 g/mol. The van der Waals surface area contributed by atoms with Gasteiger partial charge in [-0.25, -0.2) is 4.98 Å². The van der Waals surface area contributed by atoms with Gasteiger partial charge in [0.15, 0.2) is 0 Å². The van der Waals surface area contributed by atoms with Gasteiger partial charge in [0.25, 0.3) is 0 Å². The number of fused-ring (bicyclic) bond motifs is 2. The number of rotatable bonds is 2. The number of para-hydroxylation sites is 1. The lowest BCUT2D eigenvalue weighted by Crippen LogP contribution is -2.42. The molecule has 4 aromatic rings. The predicted octanol–water partition coefficient (Wildman–Crippen LogP) is 7.60. The molecular formula is C29H32N2. The van der Waals surface area contributed by atoms with Gasteiger partial charge in [-0.3, -0.25) is 4.57 Å². The summed E-state index contributed by atoms with van der Waals surface area (Å²) < 4.78 is 79.5. The number of imidazole rings is 1. The fraction of sp³-hybridized carbons (Fsp3) is 0.345. The molecule has 1 heterocycles. The van der Waals surface area contributed by atoms with Crippen molar-refractivity contribution in [2.24, 2.45) is 5.41 Å². The van der Waals surface area contributed by atoms with E-state index in [9.17, 15) is 0 Å². The molecule has 0 saturated heterocycles. The monoisotopic (exact) mass is 417 g/mol. The van der Waals surface area contributed by atoms with Crippen LogP contribution in [0.2, 0.25) is 0 Å². The topological polar surface area (TPSA) is 17.8 Å². The Morgan fingerprint density at radius 2 is 1.48 bits per heavy atom. The summed E-state index contributed by atoms with van der Waals surface area (Å²) in [6.07, 6.45) is 0. The zero-order chi connectivity index (χ0) is 29.7. The average molecular weight is 418 g/mol. The van der Waals surface area contributed by atoms with Crippen LogP contribution in [0.5, 0.6) is 0 Å². The van der Waals surface area contributed by atoms with E-state index in [0.29, 0.717) is 22.4 Å². The lowest BCUT2D eigenvalue weighted by atomic mass is 9.59. The zero-order valence-corrected chi connectivity index (χ0v) is 18.2. The minimum absolute atomic E-state index is 0.00216. The Bertz CT molecular complexity index is 1590. The van der Waals surface area contributed by atoms with Crippen molar-refractivity contribution in [2.75, 3.05) is 0 Å². The quantitative estimate of drug-likeness (QED) is 0.328. The molecule has 158 valence electrons. The van der Waals surface area contributed by atoms with Crippen LogP contribution in [0.25, 0.3) is 28.1 Å². The summed E-state index contributed by atoms with van der Waals surface area (Å²) in [5, 5.41) is 0. The Kier molecular flexibility index (Phi) is 2.50. The van der Waals surface area contributed by atoms with Gasteiger partial charge < -0.3 is 0 Å². The molecule has 0 amide bonds. The van der Waals surface area contributed by atoms with Crippen LogP contribution in [-0.4, -0.2) is 9.55 Å². The summed E-state index contributed by atoms with van der Waals surface area (Å²) in [4.78, 5) is 4.92. The van der Waals surface area contributed by atoms with Gasteiger partial charge in [0.2, 0.25) is 0 Å². The molecule has 31 heavy (non-hydrogen) atoms. The third-order valence-corrected chi connectivity index (χ3v) is 7.26. The number of nitrogens with zero attached hydrogens (tertiary/aromatic N) is 2. The summed E-state index contributed by atoms with van der Waals surface area (Å²) >= 11 is 0. The van der Waals surface area contributed by atoms with E-state index >= 15 is 0 Å². The molecule has 0 radical (unpaired) electrons. The Balaban J connectivity index is 2.00. The van der Waals surface area contributed by atoms with Gasteiger partial charge in [0, 0.05) is 17.9 Å². The van der Waals surface area contributed by atoms with E-state index in [1.165, 1.54) is 13.0 Å². The van der Waals surface area contributed by atoms with Gasteiger partial charge in [0.1, 0.15) is 5.82 Å². The normalized spacial score (nSPS) is 26.9. The van der Waals surface area contributed by atoms with Crippen molar-refractivity contribution in [3.8, 4) is 17.1 Å². The van der Waals surface area contributed by atoms with Crippen LogP contribution in [0.3, 0.4) is 0 Å². The van der Waals surface area contributed by atoms with E-state index in [0.717, 1.165) is 16.8 Å². The fourth-order valence-corrected chi connectivity index (χ4v) is 4.80. The van der Waals surface area contributed by atoms with E-state index in [1.54, 1.807) is 19.9 Å². The first-order valence-corrected chi connectivity index (χ1v) is 10.5. The molecule has 0 saturated carbocycles. The second-order valence-electron chi connectivity index (χ2n) is 9.31. The van der Waals surface area contributed by atoms with Crippen molar-refractivity contribution in [1.29, 1.82) is 0 Å². The van der Waals surface area contributed by atoms with Crippen molar-refractivity contribution in [3.63, 3.8) is 0 Å². The molecule has 1 aliphatic rings. The fourth-order valence-electron chi connectivity index (χ4n) is 4.80. The van der Waals surface area contributed by atoms with E-state index in [-0.39, 0.29) is 5.56 Å². The van der Waals surface area contributed by atoms with Gasteiger partial charge in [-0.1, -0.05) is 89.9 Å². The van der Waals surface area contributed by atoms with Crippen LogP contribution >= 0.6 is 0 Å². The molecule has 0 spiro atoms. The van der Waals surface area contributed by atoms with Crippen molar-refractivity contribution in [1.82, 2.24) is 9.55 Å². The summed E-state index contributed by atoms with van der Waals surface area (Å²) in [5.41, 5.74) is -2.13. The molecule has 0 N–H and O–H groups in total. The van der Waals surface area contributed by atoms with Gasteiger partial charge in [-0.15, -0.1) is 0 Å². The van der Waals surface area contributed by atoms with Gasteiger partial charge in [-0.05, 0) is 58.1 Å². The van der Waals surface area contributed by atoms with E-state index in [1.807, 2.05) is 66.1 Å². The maximum Gasteiger partial charge on any atom is 0.145 e. The standard InChI is InChI=1S/C29H32N2/c1-19-13-11-12-16-24(19)31-25-18-22-21(27(2,3)29(6,7)28(22,4)5)17-23(25)30-26(31)20-14-9-8-10-15-20/h8-18H,1-7H3/i2D3,3D3,6D3. The largest absolute Gasteiger partial charge is 0.292 e. The van der Waals surface area contributed by atoms with Crippen LogP contribution < -0.4 is 0 Å². The Hall–Kier alpha value is -2.87. The van der Waals surface area contributed by atoms with E-state index in [2.05, 4.69) is 0 Å². The third kappa shape index (κ3) is 2.54. The van der Waals surface area contributed by atoms with Crippen LogP contribution in [0.1, 0.15) is 70.4 Å². The molecule has 2 heteroatoms. The Labute approximate surface area is 198 Å². The smallest absolute Gasteiger partial charge is 0.145 e. The highest BCUT2D eigenvalue weighted by molar-refractivity contribution is 5.86. The molecule has 0 aliphatic heterocycles. The SMILES string of the molecule is [2H]C([2H])([2H])C1(C)C(C)(C)c2cc3c(cc2C1(C([2H])([2H])[2H])C([2H])([2H])[2H])nc(-c1ccccc1)n3-c1ccccc1C. The molecule has 0 fully saturated rings. The van der Waals surface area contributed by atoms with Crippen LogP contribution in [0, 0.1) is 12.3 Å². The summed E-state index contributed by atoms with van der Waals surface area (Å²) in [6, 6.07) is 20.6. The van der Waals surface area contributed by atoms with Crippen LogP contribution in [0.15, 0.2) is 66.7 Å². The first-order valence-electron chi connectivity index (χ1n) is 15.0. The predicted molar refractivity (Wildman–Crippen MR) is 131 cm³/mol. The average Bonchev–Trinajstić information content (AvgIpc) is 3.27. The van der Waals surface area contributed by atoms with Crippen molar-refractivity contribution < 1.29 is 12.3 Å². The lowest BCUT2D eigenvalue weighted by molar-refractivity contribution is 0.125. The number of aromatic nitrogens is 2. The highest BCUT2D eigenvalue weighted by atomic mass is 15.1. The Morgan fingerprint density at radius 1 is 0.806 bits per heavy atom. The number of benzene rings is 3.